The van der Waals surface area contributed by atoms with Gasteiger partial charge in [-0.05, 0) is 38.3 Å². The zero-order valence-corrected chi connectivity index (χ0v) is 12.0. The molecule has 1 saturated heterocycles. The molecule has 0 spiro atoms. The number of aromatic carboxylic acids is 1. The van der Waals surface area contributed by atoms with Gasteiger partial charge in [0.05, 0.1) is 11.6 Å². The Hall–Kier alpha value is -1.47. The van der Waals surface area contributed by atoms with Crippen LogP contribution in [0, 0.1) is 12.8 Å². The van der Waals surface area contributed by atoms with Crippen LogP contribution in [-0.4, -0.2) is 41.0 Å². The molecule has 2 atom stereocenters. The maximum absolute atomic E-state index is 12.4. The molecule has 0 aromatic carbocycles. The maximum atomic E-state index is 12.4. The van der Waals surface area contributed by atoms with Crippen LogP contribution in [0.3, 0.4) is 0 Å². The third kappa shape index (κ3) is 2.48. The summed E-state index contributed by atoms with van der Waals surface area (Å²) in [5, 5.41) is 12.8. The monoisotopic (exact) mass is 283 g/mol. The van der Waals surface area contributed by atoms with Crippen molar-refractivity contribution in [3.05, 3.63) is 11.3 Å². The summed E-state index contributed by atoms with van der Waals surface area (Å²) < 4.78 is 4.04. The maximum Gasteiger partial charge on any atom is 0.340 e. The van der Waals surface area contributed by atoms with Crippen LogP contribution in [0.1, 0.15) is 29.4 Å². The van der Waals surface area contributed by atoms with Crippen molar-refractivity contribution in [3.8, 4) is 0 Å². The van der Waals surface area contributed by atoms with E-state index in [4.69, 9.17) is 0 Å². The molecule has 2 N–H and O–H groups in total. The van der Waals surface area contributed by atoms with Crippen molar-refractivity contribution in [2.45, 2.75) is 26.3 Å². The molecule has 1 fully saturated rings. The third-order valence-corrected chi connectivity index (χ3v) is 4.55. The fourth-order valence-corrected chi connectivity index (χ4v) is 3.23. The van der Waals surface area contributed by atoms with Gasteiger partial charge in [-0.2, -0.15) is 4.37 Å². The van der Waals surface area contributed by atoms with Crippen molar-refractivity contribution >= 4 is 28.4 Å². The minimum Gasteiger partial charge on any atom is -0.478 e. The summed E-state index contributed by atoms with van der Waals surface area (Å²) in [5.41, 5.74) is 0.573. The fraction of sp³-hybridized carbons (Fsp3) is 0.583. The van der Waals surface area contributed by atoms with Gasteiger partial charge in [0.15, 0.2) is 0 Å². The lowest BCUT2D eigenvalue weighted by Crippen LogP contribution is -2.38. The van der Waals surface area contributed by atoms with Gasteiger partial charge in [-0.15, -0.1) is 0 Å². The summed E-state index contributed by atoms with van der Waals surface area (Å²) in [7, 11) is 1.62. The number of amides is 1. The molecule has 7 heteroatoms. The smallest absolute Gasteiger partial charge is 0.340 e. The Bertz CT molecular complexity index is 514. The zero-order valence-electron chi connectivity index (χ0n) is 11.1. The third-order valence-electron chi connectivity index (χ3n) is 3.54. The van der Waals surface area contributed by atoms with Gasteiger partial charge in [0, 0.05) is 13.1 Å². The molecule has 104 valence electrons. The van der Waals surface area contributed by atoms with E-state index in [2.05, 4.69) is 9.69 Å². The Labute approximate surface area is 115 Å². The number of hydrogen-bond donors (Lipinski definition) is 2. The zero-order chi connectivity index (χ0) is 14.2. The molecule has 0 radical (unpaired) electrons. The standard InChI is InChI=1S/C12H17N3O3S/c1-6-8(4-5-13-6)10(16)15(3)11-9(12(17)18)7(2)14-19-11/h6,8,13H,4-5H2,1-3H3,(H,17,18). The molecule has 1 aliphatic heterocycles. The van der Waals surface area contributed by atoms with E-state index in [0.29, 0.717) is 10.7 Å². The number of carboxylic acids is 1. The van der Waals surface area contributed by atoms with E-state index in [1.807, 2.05) is 6.92 Å². The number of carbonyl (C=O) groups excluding carboxylic acids is 1. The summed E-state index contributed by atoms with van der Waals surface area (Å²) in [5.74, 6) is -1.20. The lowest BCUT2D eigenvalue weighted by Gasteiger charge is -2.22. The average molecular weight is 283 g/mol. The van der Waals surface area contributed by atoms with Gasteiger partial charge < -0.3 is 15.3 Å². The molecule has 19 heavy (non-hydrogen) atoms. The summed E-state index contributed by atoms with van der Waals surface area (Å²) in [6, 6.07) is 0.122. The number of anilines is 1. The molecule has 0 aliphatic carbocycles. The molecule has 6 nitrogen and oxygen atoms in total. The van der Waals surface area contributed by atoms with Gasteiger partial charge >= 0.3 is 5.97 Å². The van der Waals surface area contributed by atoms with Crippen molar-refractivity contribution in [1.82, 2.24) is 9.69 Å². The molecule has 0 saturated carbocycles. The minimum atomic E-state index is -1.04. The van der Waals surface area contributed by atoms with Gasteiger partial charge in [0.2, 0.25) is 5.91 Å². The lowest BCUT2D eigenvalue weighted by molar-refractivity contribution is -0.122. The first-order valence-corrected chi connectivity index (χ1v) is 6.91. The molecule has 2 unspecified atom stereocenters. The Kier molecular flexibility index (Phi) is 3.86. The highest BCUT2D eigenvalue weighted by atomic mass is 32.1. The van der Waals surface area contributed by atoms with Crippen LogP contribution in [0.15, 0.2) is 0 Å². The van der Waals surface area contributed by atoms with Crippen LogP contribution >= 0.6 is 11.5 Å². The van der Waals surface area contributed by atoms with E-state index in [0.717, 1.165) is 24.5 Å². The Morgan fingerprint density at radius 3 is 2.74 bits per heavy atom. The largest absolute Gasteiger partial charge is 0.478 e. The SMILES string of the molecule is Cc1nsc(N(C)C(=O)C2CCNC2C)c1C(=O)O. The summed E-state index contributed by atoms with van der Waals surface area (Å²) in [6.45, 7) is 4.43. The number of nitrogens with one attached hydrogen (secondary N) is 1. The number of aromatic nitrogens is 1. The Morgan fingerprint density at radius 1 is 1.53 bits per heavy atom. The van der Waals surface area contributed by atoms with Crippen molar-refractivity contribution in [2.75, 3.05) is 18.5 Å². The number of hydrogen-bond acceptors (Lipinski definition) is 5. The topological polar surface area (TPSA) is 82.5 Å². The number of nitrogens with zero attached hydrogens (tertiary/aromatic N) is 2. The number of aryl methyl sites for hydroxylation is 1. The molecular weight excluding hydrogens is 266 g/mol. The summed E-state index contributed by atoms with van der Waals surface area (Å²) in [6.07, 6.45) is 0.782. The number of carboxylic acid groups (broad SMARTS) is 1. The first kappa shape index (κ1) is 14.0. The van der Waals surface area contributed by atoms with Crippen molar-refractivity contribution < 1.29 is 14.7 Å². The van der Waals surface area contributed by atoms with Gasteiger partial charge in [-0.1, -0.05) is 0 Å². The van der Waals surface area contributed by atoms with Crippen molar-refractivity contribution in [3.63, 3.8) is 0 Å². The second kappa shape index (κ2) is 5.26. The summed E-state index contributed by atoms with van der Waals surface area (Å²) >= 11 is 1.05. The highest BCUT2D eigenvalue weighted by Gasteiger charge is 2.34. The molecule has 0 bridgehead atoms. The van der Waals surface area contributed by atoms with Gasteiger partial charge in [-0.25, -0.2) is 4.79 Å². The molecule has 2 rings (SSSR count). The van der Waals surface area contributed by atoms with E-state index in [9.17, 15) is 14.7 Å². The van der Waals surface area contributed by atoms with E-state index >= 15 is 0 Å². The highest BCUT2D eigenvalue weighted by Crippen LogP contribution is 2.30. The predicted octanol–water partition coefficient (Wildman–Crippen LogP) is 1.11. The van der Waals surface area contributed by atoms with Crippen LogP contribution in [0.5, 0.6) is 0 Å². The van der Waals surface area contributed by atoms with E-state index in [1.54, 1.807) is 14.0 Å². The molecule has 1 aromatic rings. The van der Waals surface area contributed by atoms with E-state index in [-0.39, 0.29) is 23.4 Å². The van der Waals surface area contributed by atoms with Crippen LogP contribution in [0.4, 0.5) is 5.00 Å². The predicted molar refractivity (Wildman–Crippen MR) is 72.8 cm³/mol. The Balaban J connectivity index is 2.27. The lowest BCUT2D eigenvalue weighted by atomic mass is 10.0. The molecule has 1 aromatic heterocycles. The van der Waals surface area contributed by atoms with E-state index < -0.39 is 5.97 Å². The number of rotatable bonds is 3. The second-order valence-electron chi connectivity index (χ2n) is 4.79. The number of carbonyl (C=O) groups is 2. The van der Waals surface area contributed by atoms with Gasteiger partial charge in [-0.3, -0.25) is 4.79 Å². The Morgan fingerprint density at radius 2 is 2.21 bits per heavy atom. The molecule has 1 aliphatic rings. The van der Waals surface area contributed by atoms with Gasteiger partial charge in [0.1, 0.15) is 10.6 Å². The summed E-state index contributed by atoms with van der Waals surface area (Å²) in [4.78, 5) is 25.1. The van der Waals surface area contributed by atoms with Crippen LogP contribution in [-0.2, 0) is 4.79 Å². The quantitative estimate of drug-likeness (QED) is 0.868. The van der Waals surface area contributed by atoms with Crippen molar-refractivity contribution in [2.24, 2.45) is 5.92 Å². The normalized spacial score (nSPS) is 22.5. The van der Waals surface area contributed by atoms with Gasteiger partial charge in [0.25, 0.3) is 0 Å². The highest BCUT2D eigenvalue weighted by molar-refractivity contribution is 7.11. The van der Waals surface area contributed by atoms with Crippen molar-refractivity contribution in [1.29, 1.82) is 0 Å². The van der Waals surface area contributed by atoms with Crippen LogP contribution in [0.25, 0.3) is 0 Å². The minimum absolute atomic E-state index is 0.0522. The van der Waals surface area contributed by atoms with Crippen LogP contribution < -0.4 is 10.2 Å². The first-order valence-electron chi connectivity index (χ1n) is 6.14. The molecule has 1 amide bonds. The fourth-order valence-electron chi connectivity index (χ4n) is 2.38. The molecular formula is C12H17N3O3S. The molecule has 2 heterocycles. The second-order valence-corrected chi connectivity index (χ2v) is 5.54. The first-order chi connectivity index (χ1) is 8.93. The van der Waals surface area contributed by atoms with Crippen LogP contribution in [0.2, 0.25) is 0 Å². The van der Waals surface area contributed by atoms with E-state index in [1.165, 1.54) is 4.90 Å². The average Bonchev–Trinajstić information content (AvgIpc) is 2.93.